The van der Waals surface area contributed by atoms with Gasteiger partial charge in [-0.1, -0.05) is 0 Å². The zero-order valence-corrected chi connectivity index (χ0v) is 10.9. The molecule has 0 spiro atoms. The van der Waals surface area contributed by atoms with E-state index in [2.05, 4.69) is 10.3 Å². The van der Waals surface area contributed by atoms with Gasteiger partial charge in [0.15, 0.2) is 0 Å². The van der Waals surface area contributed by atoms with Crippen molar-refractivity contribution in [2.24, 2.45) is 5.73 Å². The van der Waals surface area contributed by atoms with Crippen molar-refractivity contribution in [3.05, 3.63) is 29.1 Å². The first-order valence-electron chi connectivity index (χ1n) is 5.62. The van der Waals surface area contributed by atoms with Gasteiger partial charge in [-0.15, -0.1) is 0 Å². The van der Waals surface area contributed by atoms with E-state index in [1.165, 1.54) is 6.92 Å². The fourth-order valence-electron chi connectivity index (χ4n) is 1.36. The van der Waals surface area contributed by atoms with Crippen molar-refractivity contribution in [3.8, 4) is 0 Å². The number of pyridine rings is 1. The third-order valence-electron chi connectivity index (χ3n) is 2.33. The highest BCUT2D eigenvalue weighted by molar-refractivity contribution is 5.95. The number of amides is 1. The summed E-state index contributed by atoms with van der Waals surface area (Å²) in [5.41, 5.74) is 4.23. The van der Waals surface area contributed by atoms with Crippen LogP contribution in [0.1, 0.15) is 35.6 Å². The summed E-state index contributed by atoms with van der Waals surface area (Å²) in [6, 6.07) is 1.90. The van der Waals surface area contributed by atoms with Gasteiger partial charge < -0.3 is 11.1 Å². The Kier molecular flexibility index (Phi) is 4.19. The van der Waals surface area contributed by atoms with Gasteiger partial charge in [0.2, 0.25) is 0 Å². The predicted molar refractivity (Wildman–Crippen MR) is 64.6 cm³/mol. The Morgan fingerprint density at radius 1 is 1.37 bits per heavy atom. The summed E-state index contributed by atoms with van der Waals surface area (Å²) >= 11 is 0. The highest BCUT2D eigenvalue weighted by atomic mass is 19.4. The van der Waals surface area contributed by atoms with Crippen LogP contribution in [0.25, 0.3) is 0 Å². The minimum absolute atomic E-state index is 0.0298. The molecule has 0 bridgehead atoms. The summed E-state index contributed by atoms with van der Waals surface area (Å²) in [5, 5.41) is 2.55. The van der Waals surface area contributed by atoms with E-state index in [4.69, 9.17) is 5.73 Å². The van der Waals surface area contributed by atoms with Gasteiger partial charge in [0.1, 0.15) is 5.69 Å². The lowest BCUT2D eigenvalue weighted by atomic mass is 10.1. The molecule has 1 rings (SSSR count). The largest absolute Gasteiger partial charge is 0.433 e. The minimum Gasteiger partial charge on any atom is -0.350 e. The topological polar surface area (TPSA) is 68.0 Å². The van der Waals surface area contributed by atoms with Gasteiger partial charge >= 0.3 is 6.18 Å². The van der Waals surface area contributed by atoms with Crippen LogP contribution < -0.4 is 11.1 Å². The molecule has 0 fully saturated rings. The van der Waals surface area contributed by atoms with Gasteiger partial charge in [-0.3, -0.25) is 4.79 Å². The number of hydrogen-bond acceptors (Lipinski definition) is 3. The molecule has 1 heterocycles. The van der Waals surface area contributed by atoms with Crippen molar-refractivity contribution >= 4 is 5.91 Å². The molecular weight excluding hydrogens is 259 g/mol. The quantitative estimate of drug-likeness (QED) is 0.885. The molecule has 0 aliphatic heterocycles. The Morgan fingerprint density at radius 3 is 2.37 bits per heavy atom. The molecule has 0 aliphatic carbocycles. The van der Waals surface area contributed by atoms with Crippen LogP contribution in [0.5, 0.6) is 0 Å². The average Bonchev–Trinajstić information content (AvgIpc) is 2.23. The van der Waals surface area contributed by atoms with E-state index in [1.807, 2.05) is 0 Å². The van der Waals surface area contributed by atoms with Crippen molar-refractivity contribution in [2.75, 3.05) is 6.54 Å². The van der Waals surface area contributed by atoms with E-state index in [1.54, 1.807) is 13.8 Å². The number of alkyl halides is 3. The molecule has 1 aromatic heterocycles. The van der Waals surface area contributed by atoms with E-state index in [9.17, 15) is 18.0 Å². The van der Waals surface area contributed by atoms with Crippen molar-refractivity contribution in [2.45, 2.75) is 32.5 Å². The van der Waals surface area contributed by atoms with Crippen molar-refractivity contribution in [1.29, 1.82) is 0 Å². The molecule has 19 heavy (non-hydrogen) atoms. The molecule has 0 saturated heterocycles. The van der Waals surface area contributed by atoms with E-state index in [-0.39, 0.29) is 17.8 Å². The van der Waals surface area contributed by atoms with E-state index >= 15 is 0 Å². The fraction of sp³-hybridized carbons (Fsp3) is 0.500. The summed E-state index contributed by atoms with van der Waals surface area (Å²) in [5.74, 6) is -0.489. The molecule has 0 unspecified atom stereocenters. The summed E-state index contributed by atoms with van der Waals surface area (Å²) in [7, 11) is 0. The highest BCUT2D eigenvalue weighted by Gasteiger charge is 2.33. The lowest BCUT2D eigenvalue weighted by molar-refractivity contribution is -0.141. The molecule has 7 heteroatoms. The Morgan fingerprint density at radius 2 is 1.95 bits per heavy atom. The average molecular weight is 275 g/mol. The number of nitrogens with zero attached hydrogens (tertiary/aromatic N) is 1. The number of carbonyl (C=O) groups excluding carboxylic acids is 1. The predicted octanol–water partition coefficient (Wildman–Crippen LogP) is 1.88. The molecule has 106 valence electrons. The SMILES string of the molecule is Cc1nc(C(F)(F)F)ccc1C(=O)NCC(C)(C)N. The Bertz CT molecular complexity index is 478. The molecule has 0 aliphatic rings. The van der Waals surface area contributed by atoms with Gasteiger partial charge in [-0.05, 0) is 32.9 Å². The number of nitrogens with two attached hydrogens (primary N) is 1. The van der Waals surface area contributed by atoms with Crippen LogP contribution in [-0.2, 0) is 6.18 Å². The molecule has 1 aromatic rings. The molecule has 1 amide bonds. The van der Waals surface area contributed by atoms with Gasteiger partial charge in [-0.2, -0.15) is 13.2 Å². The van der Waals surface area contributed by atoms with E-state index in [0.717, 1.165) is 12.1 Å². The van der Waals surface area contributed by atoms with Crippen LogP contribution >= 0.6 is 0 Å². The fourth-order valence-corrected chi connectivity index (χ4v) is 1.36. The molecule has 0 saturated carbocycles. The second-order valence-corrected chi connectivity index (χ2v) is 5.00. The standard InChI is InChI=1S/C12H16F3N3O/c1-7-8(10(19)17-6-11(2,3)16)4-5-9(18-7)12(13,14)15/h4-5H,6,16H2,1-3H3,(H,17,19). The second-order valence-electron chi connectivity index (χ2n) is 5.00. The Hall–Kier alpha value is -1.63. The van der Waals surface area contributed by atoms with Gasteiger partial charge in [0, 0.05) is 12.1 Å². The van der Waals surface area contributed by atoms with Crippen molar-refractivity contribution < 1.29 is 18.0 Å². The maximum absolute atomic E-state index is 12.4. The van der Waals surface area contributed by atoms with Gasteiger partial charge in [0.25, 0.3) is 5.91 Å². The highest BCUT2D eigenvalue weighted by Crippen LogP contribution is 2.28. The first-order chi connectivity index (χ1) is 8.50. The van der Waals surface area contributed by atoms with E-state index < -0.39 is 23.3 Å². The summed E-state index contributed by atoms with van der Waals surface area (Å²) in [4.78, 5) is 15.2. The smallest absolute Gasteiger partial charge is 0.350 e. The Labute approximate surface area is 109 Å². The molecule has 4 nitrogen and oxygen atoms in total. The number of halogens is 3. The third-order valence-corrected chi connectivity index (χ3v) is 2.33. The van der Waals surface area contributed by atoms with Crippen LogP contribution in [-0.4, -0.2) is 23.0 Å². The van der Waals surface area contributed by atoms with Gasteiger partial charge in [-0.25, -0.2) is 4.98 Å². The first-order valence-corrected chi connectivity index (χ1v) is 5.62. The Balaban J connectivity index is 2.88. The molecule has 0 radical (unpaired) electrons. The van der Waals surface area contributed by atoms with Crippen LogP contribution in [0.4, 0.5) is 13.2 Å². The van der Waals surface area contributed by atoms with Crippen LogP contribution in [0.15, 0.2) is 12.1 Å². The number of rotatable bonds is 3. The van der Waals surface area contributed by atoms with Crippen LogP contribution in [0, 0.1) is 6.92 Å². The minimum atomic E-state index is -4.51. The lowest BCUT2D eigenvalue weighted by Crippen LogP contribution is -2.45. The normalized spacial score (nSPS) is 12.4. The molecular formula is C12H16F3N3O. The molecule has 3 N–H and O–H groups in total. The van der Waals surface area contributed by atoms with Gasteiger partial charge in [0.05, 0.1) is 11.3 Å². The first kappa shape index (κ1) is 15.4. The monoisotopic (exact) mass is 275 g/mol. The number of carbonyl (C=O) groups is 1. The molecule has 0 aromatic carbocycles. The maximum atomic E-state index is 12.4. The number of nitrogens with one attached hydrogen (secondary N) is 1. The van der Waals surface area contributed by atoms with Crippen molar-refractivity contribution in [3.63, 3.8) is 0 Å². The summed E-state index contributed by atoms with van der Waals surface area (Å²) in [6.45, 7) is 5.03. The van der Waals surface area contributed by atoms with E-state index in [0.29, 0.717) is 0 Å². The summed E-state index contributed by atoms with van der Waals surface area (Å²) in [6.07, 6.45) is -4.51. The third kappa shape index (κ3) is 4.51. The number of aromatic nitrogens is 1. The number of aryl methyl sites for hydroxylation is 1. The molecule has 0 atom stereocenters. The summed E-state index contributed by atoms with van der Waals surface area (Å²) < 4.78 is 37.3. The zero-order valence-electron chi connectivity index (χ0n) is 10.9. The second kappa shape index (κ2) is 5.16. The van der Waals surface area contributed by atoms with Crippen LogP contribution in [0.3, 0.4) is 0 Å². The zero-order chi connectivity index (χ0) is 14.8. The van der Waals surface area contributed by atoms with Crippen LogP contribution in [0.2, 0.25) is 0 Å². The number of hydrogen-bond donors (Lipinski definition) is 2. The maximum Gasteiger partial charge on any atom is 0.433 e. The lowest BCUT2D eigenvalue weighted by Gasteiger charge is -2.19. The van der Waals surface area contributed by atoms with Crippen molar-refractivity contribution in [1.82, 2.24) is 10.3 Å².